The number of hydrogen-bond acceptors (Lipinski definition) is 2. The Balaban J connectivity index is 1.87. The largest absolute Gasteiger partial charge is 0.349 e. The van der Waals surface area contributed by atoms with Gasteiger partial charge in [0.15, 0.2) is 0 Å². The molecule has 110 valence electrons. The molecule has 1 atom stereocenters. The zero-order chi connectivity index (χ0) is 15.2. The molecule has 2 nitrogen and oxygen atoms in total. The number of thioether (sulfide) groups is 1. The molecule has 5 heteroatoms. The van der Waals surface area contributed by atoms with Gasteiger partial charge in [-0.3, -0.25) is 4.79 Å². The normalized spacial score (nSPS) is 12.0. The second-order valence-corrected chi connectivity index (χ2v) is 6.42. The molecule has 1 unspecified atom stereocenters. The Morgan fingerprint density at radius 3 is 2.48 bits per heavy atom. The van der Waals surface area contributed by atoms with E-state index < -0.39 is 0 Å². The lowest BCUT2D eigenvalue weighted by molar-refractivity contribution is -0.119. The summed E-state index contributed by atoms with van der Waals surface area (Å²) in [6.45, 7) is 1.95. The number of amides is 1. The van der Waals surface area contributed by atoms with E-state index >= 15 is 0 Å². The SMILES string of the molecule is CC(NC(=O)CSc1ccccc1Cl)c1ccc(Cl)cc1. The van der Waals surface area contributed by atoms with Gasteiger partial charge in [-0.05, 0) is 36.8 Å². The molecule has 2 aromatic rings. The van der Waals surface area contributed by atoms with E-state index in [0.29, 0.717) is 15.8 Å². The standard InChI is InChI=1S/C16H15Cl2NOS/c1-11(12-6-8-13(17)9-7-12)19-16(20)10-21-15-5-3-2-4-14(15)18/h2-9,11H,10H2,1H3,(H,19,20). The average Bonchev–Trinajstić information content (AvgIpc) is 2.47. The predicted octanol–water partition coefficient (Wildman–Crippen LogP) is 4.96. The van der Waals surface area contributed by atoms with E-state index in [-0.39, 0.29) is 11.9 Å². The monoisotopic (exact) mass is 339 g/mol. The number of benzene rings is 2. The lowest BCUT2D eigenvalue weighted by Crippen LogP contribution is -2.28. The summed E-state index contributed by atoms with van der Waals surface area (Å²) in [5.41, 5.74) is 1.02. The van der Waals surface area contributed by atoms with Crippen molar-refractivity contribution in [1.82, 2.24) is 5.32 Å². The molecule has 0 fully saturated rings. The first-order valence-corrected chi connectivity index (χ1v) is 8.22. The van der Waals surface area contributed by atoms with Gasteiger partial charge in [0.25, 0.3) is 0 Å². The van der Waals surface area contributed by atoms with Gasteiger partial charge in [0, 0.05) is 9.92 Å². The lowest BCUT2D eigenvalue weighted by Gasteiger charge is -2.14. The van der Waals surface area contributed by atoms with Crippen molar-refractivity contribution in [3.05, 3.63) is 64.1 Å². The summed E-state index contributed by atoms with van der Waals surface area (Å²) in [5.74, 6) is 0.309. The van der Waals surface area contributed by atoms with Crippen LogP contribution in [0.2, 0.25) is 10.0 Å². The van der Waals surface area contributed by atoms with Crippen LogP contribution in [0.15, 0.2) is 53.4 Å². The molecule has 0 bridgehead atoms. The Morgan fingerprint density at radius 2 is 1.81 bits per heavy atom. The molecule has 1 N–H and O–H groups in total. The van der Waals surface area contributed by atoms with E-state index in [9.17, 15) is 4.79 Å². The molecule has 0 saturated carbocycles. The van der Waals surface area contributed by atoms with Crippen LogP contribution in [0.5, 0.6) is 0 Å². The molecule has 0 aliphatic heterocycles. The Morgan fingerprint density at radius 1 is 1.14 bits per heavy atom. The first kappa shape index (κ1) is 16.2. The maximum Gasteiger partial charge on any atom is 0.230 e. The Hall–Kier alpha value is -1.16. The highest BCUT2D eigenvalue weighted by Gasteiger charge is 2.10. The fraction of sp³-hybridized carbons (Fsp3) is 0.188. The highest BCUT2D eigenvalue weighted by Crippen LogP contribution is 2.26. The van der Waals surface area contributed by atoms with Crippen LogP contribution in [-0.2, 0) is 4.79 Å². The number of nitrogens with one attached hydrogen (secondary N) is 1. The third kappa shape index (κ3) is 4.95. The molecule has 0 heterocycles. The first-order chi connectivity index (χ1) is 10.1. The molecule has 0 aliphatic rings. The fourth-order valence-electron chi connectivity index (χ4n) is 1.82. The van der Waals surface area contributed by atoms with Crippen molar-refractivity contribution in [2.75, 3.05) is 5.75 Å². The van der Waals surface area contributed by atoms with Gasteiger partial charge < -0.3 is 5.32 Å². The first-order valence-electron chi connectivity index (χ1n) is 6.48. The van der Waals surface area contributed by atoms with E-state index in [1.54, 1.807) is 0 Å². The molecular weight excluding hydrogens is 325 g/mol. The number of halogens is 2. The highest BCUT2D eigenvalue weighted by atomic mass is 35.5. The van der Waals surface area contributed by atoms with Crippen molar-refractivity contribution in [3.8, 4) is 0 Å². The van der Waals surface area contributed by atoms with E-state index in [1.165, 1.54) is 11.8 Å². The van der Waals surface area contributed by atoms with Crippen LogP contribution in [0.25, 0.3) is 0 Å². The molecule has 2 rings (SSSR count). The van der Waals surface area contributed by atoms with Gasteiger partial charge in [0.2, 0.25) is 5.91 Å². The lowest BCUT2D eigenvalue weighted by atomic mass is 10.1. The van der Waals surface area contributed by atoms with Crippen molar-refractivity contribution in [3.63, 3.8) is 0 Å². The molecular formula is C16H15Cl2NOS. The second kappa shape index (κ2) is 7.74. The third-order valence-corrected chi connectivity index (χ3v) is 4.71. The number of rotatable bonds is 5. The molecule has 0 spiro atoms. The zero-order valence-corrected chi connectivity index (χ0v) is 13.8. The van der Waals surface area contributed by atoms with Crippen molar-refractivity contribution < 1.29 is 4.79 Å². The van der Waals surface area contributed by atoms with Crippen LogP contribution in [0.1, 0.15) is 18.5 Å². The van der Waals surface area contributed by atoms with Crippen molar-refractivity contribution >= 4 is 40.9 Å². The summed E-state index contributed by atoms with van der Waals surface area (Å²) in [4.78, 5) is 12.9. The van der Waals surface area contributed by atoms with Gasteiger partial charge in [-0.2, -0.15) is 0 Å². The second-order valence-electron chi connectivity index (χ2n) is 4.56. The smallest absolute Gasteiger partial charge is 0.230 e. The van der Waals surface area contributed by atoms with E-state index in [4.69, 9.17) is 23.2 Å². The highest BCUT2D eigenvalue weighted by molar-refractivity contribution is 8.00. The maximum atomic E-state index is 12.0. The van der Waals surface area contributed by atoms with Gasteiger partial charge in [-0.25, -0.2) is 0 Å². The Labute approximate surface area is 138 Å². The van der Waals surface area contributed by atoms with Crippen LogP contribution >= 0.6 is 35.0 Å². The Kier molecular flexibility index (Phi) is 5.97. The van der Waals surface area contributed by atoms with Gasteiger partial charge in [0.05, 0.1) is 16.8 Å². The van der Waals surface area contributed by atoms with Gasteiger partial charge in [0.1, 0.15) is 0 Å². The number of carbonyl (C=O) groups is 1. The minimum atomic E-state index is -0.0541. The third-order valence-electron chi connectivity index (χ3n) is 2.94. The molecule has 2 aromatic carbocycles. The van der Waals surface area contributed by atoms with Gasteiger partial charge in [-0.15, -0.1) is 11.8 Å². The van der Waals surface area contributed by atoms with Crippen molar-refractivity contribution in [2.24, 2.45) is 0 Å². The quantitative estimate of drug-likeness (QED) is 0.779. The molecule has 0 saturated heterocycles. The fourth-order valence-corrected chi connectivity index (χ4v) is 3.00. The minimum absolute atomic E-state index is 0.0256. The zero-order valence-electron chi connectivity index (χ0n) is 11.5. The van der Waals surface area contributed by atoms with E-state index in [0.717, 1.165) is 10.5 Å². The summed E-state index contributed by atoms with van der Waals surface area (Å²) in [5, 5.41) is 4.31. The van der Waals surface area contributed by atoms with Crippen LogP contribution in [0, 0.1) is 0 Å². The molecule has 0 radical (unpaired) electrons. The van der Waals surface area contributed by atoms with E-state index in [1.807, 2.05) is 55.5 Å². The average molecular weight is 340 g/mol. The summed E-state index contributed by atoms with van der Waals surface area (Å²) >= 11 is 13.3. The summed E-state index contributed by atoms with van der Waals surface area (Å²) < 4.78 is 0. The summed E-state index contributed by atoms with van der Waals surface area (Å²) in [6.07, 6.45) is 0. The van der Waals surface area contributed by atoms with Gasteiger partial charge >= 0.3 is 0 Å². The summed E-state index contributed by atoms with van der Waals surface area (Å²) in [7, 11) is 0. The number of carbonyl (C=O) groups excluding carboxylic acids is 1. The minimum Gasteiger partial charge on any atom is -0.349 e. The molecule has 1 amide bonds. The van der Waals surface area contributed by atoms with Crippen LogP contribution in [0.3, 0.4) is 0 Å². The van der Waals surface area contributed by atoms with Crippen LogP contribution in [-0.4, -0.2) is 11.7 Å². The topological polar surface area (TPSA) is 29.1 Å². The summed E-state index contributed by atoms with van der Waals surface area (Å²) in [6, 6.07) is 14.9. The maximum absolute atomic E-state index is 12.0. The molecule has 21 heavy (non-hydrogen) atoms. The van der Waals surface area contributed by atoms with Crippen LogP contribution in [0.4, 0.5) is 0 Å². The Bertz CT molecular complexity index is 616. The van der Waals surface area contributed by atoms with Crippen LogP contribution < -0.4 is 5.32 Å². The van der Waals surface area contributed by atoms with E-state index in [2.05, 4.69) is 5.32 Å². The van der Waals surface area contributed by atoms with Gasteiger partial charge in [-0.1, -0.05) is 47.5 Å². The number of hydrogen-bond donors (Lipinski definition) is 1. The van der Waals surface area contributed by atoms with Crippen molar-refractivity contribution in [2.45, 2.75) is 17.9 Å². The molecule has 0 aliphatic carbocycles. The predicted molar refractivity (Wildman–Crippen MR) is 90.2 cm³/mol. The molecule has 0 aromatic heterocycles. The van der Waals surface area contributed by atoms with Crippen molar-refractivity contribution in [1.29, 1.82) is 0 Å².